The van der Waals surface area contributed by atoms with Crippen LogP contribution in [-0.4, -0.2) is 38.7 Å². The van der Waals surface area contributed by atoms with Gasteiger partial charge in [-0.1, -0.05) is 18.2 Å². The molecule has 0 spiro atoms. The molecule has 0 unspecified atom stereocenters. The molecule has 5 rings (SSSR count). The quantitative estimate of drug-likeness (QED) is 0.552. The van der Waals surface area contributed by atoms with E-state index < -0.39 is 5.91 Å². The molecule has 1 aromatic carbocycles. The fourth-order valence-electron chi connectivity index (χ4n) is 4.27. The van der Waals surface area contributed by atoms with E-state index in [9.17, 15) is 9.59 Å². The van der Waals surface area contributed by atoms with Crippen molar-refractivity contribution >= 4 is 23.2 Å². The smallest absolute Gasteiger partial charge is 0.264 e. The van der Waals surface area contributed by atoms with Gasteiger partial charge in [0.2, 0.25) is 5.88 Å². The molecule has 2 aliphatic carbocycles. The van der Waals surface area contributed by atoms with Crippen molar-refractivity contribution in [1.82, 2.24) is 20.1 Å². The van der Waals surface area contributed by atoms with Crippen molar-refractivity contribution in [2.45, 2.75) is 63.5 Å². The average Bonchev–Trinajstić information content (AvgIpc) is 3.46. The van der Waals surface area contributed by atoms with Crippen molar-refractivity contribution in [3.05, 3.63) is 57.7 Å². The third-order valence-electron chi connectivity index (χ3n) is 6.31. The van der Waals surface area contributed by atoms with E-state index in [1.165, 1.54) is 11.3 Å². The molecule has 8 nitrogen and oxygen atoms in total. The molecule has 3 aromatic rings. The fourth-order valence-corrected chi connectivity index (χ4v) is 5.29. The van der Waals surface area contributed by atoms with E-state index in [4.69, 9.17) is 10.5 Å². The van der Waals surface area contributed by atoms with Gasteiger partial charge in [0.15, 0.2) is 4.88 Å². The standard InChI is InChI=1S/C24H27N5O3S/c1-14-19(13-26-29(14)17-5-3-2-4-6-17)22(31)27-16-9-11-18(12-10-16)32-23-20(21(25)30)33-24(28-23)15-7-8-15/h2-6,13,15-16,18H,7-12H2,1H3,(H2,25,30)(H,27,31). The van der Waals surface area contributed by atoms with Gasteiger partial charge >= 0.3 is 0 Å². The van der Waals surface area contributed by atoms with Crippen LogP contribution in [0.1, 0.15) is 75.2 Å². The highest BCUT2D eigenvalue weighted by molar-refractivity contribution is 7.14. The van der Waals surface area contributed by atoms with E-state index in [-0.39, 0.29) is 18.1 Å². The summed E-state index contributed by atoms with van der Waals surface area (Å²) in [5.41, 5.74) is 7.85. The first-order chi connectivity index (χ1) is 16.0. The Morgan fingerprint density at radius 3 is 2.52 bits per heavy atom. The number of primary amides is 1. The molecule has 3 N–H and O–H groups in total. The Balaban J connectivity index is 1.17. The van der Waals surface area contributed by atoms with E-state index in [0.29, 0.717) is 22.2 Å². The minimum atomic E-state index is -0.484. The number of hydrogen-bond donors (Lipinski definition) is 2. The van der Waals surface area contributed by atoms with Crippen LogP contribution in [0.15, 0.2) is 36.5 Å². The number of benzene rings is 1. The largest absolute Gasteiger partial charge is 0.473 e. The van der Waals surface area contributed by atoms with Gasteiger partial charge in [-0.15, -0.1) is 11.3 Å². The van der Waals surface area contributed by atoms with Crippen LogP contribution in [0, 0.1) is 6.92 Å². The number of aromatic nitrogens is 3. The lowest BCUT2D eigenvalue weighted by Crippen LogP contribution is -2.40. The van der Waals surface area contributed by atoms with Crippen LogP contribution in [0.3, 0.4) is 0 Å². The number of nitrogens with one attached hydrogen (secondary N) is 1. The Kier molecular flexibility index (Phi) is 5.88. The third-order valence-corrected chi connectivity index (χ3v) is 7.52. The number of carbonyl (C=O) groups is 2. The van der Waals surface area contributed by atoms with E-state index in [0.717, 1.165) is 54.9 Å². The van der Waals surface area contributed by atoms with Crippen molar-refractivity contribution in [3.63, 3.8) is 0 Å². The molecule has 0 aliphatic heterocycles. The highest BCUT2D eigenvalue weighted by Crippen LogP contribution is 2.44. The molecule has 2 amide bonds. The summed E-state index contributed by atoms with van der Waals surface area (Å²) in [5.74, 6) is 0.238. The summed E-state index contributed by atoms with van der Waals surface area (Å²) < 4.78 is 7.87. The van der Waals surface area contributed by atoms with Gasteiger partial charge in [-0.25, -0.2) is 9.67 Å². The highest BCUT2D eigenvalue weighted by atomic mass is 32.1. The number of para-hydroxylation sites is 1. The number of thiazole rings is 1. The molecule has 0 atom stereocenters. The summed E-state index contributed by atoms with van der Waals surface area (Å²) in [6.45, 7) is 1.90. The Labute approximate surface area is 196 Å². The molecule has 0 radical (unpaired) electrons. The van der Waals surface area contributed by atoms with Gasteiger partial charge in [-0.3, -0.25) is 9.59 Å². The van der Waals surface area contributed by atoms with E-state index in [1.807, 2.05) is 37.3 Å². The first-order valence-electron chi connectivity index (χ1n) is 11.4. The first-order valence-corrected chi connectivity index (χ1v) is 12.2. The summed E-state index contributed by atoms with van der Waals surface area (Å²) in [4.78, 5) is 29.7. The number of carbonyl (C=O) groups excluding carboxylic acids is 2. The van der Waals surface area contributed by atoms with Crippen LogP contribution >= 0.6 is 11.3 Å². The molecular weight excluding hydrogens is 438 g/mol. The lowest BCUT2D eigenvalue weighted by molar-refractivity contribution is 0.0882. The Hall–Kier alpha value is -3.20. The fraction of sp³-hybridized carbons (Fsp3) is 0.417. The van der Waals surface area contributed by atoms with Gasteiger partial charge in [-0.05, 0) is 57.6 Å². The number of amides is 2. The summed E-state index contributed by atoms with van der Waals surface area (Å²) >= 11 is 1.36. The van der Waals surface area contributed by atoms with E-state index in [2.05, 4.69) is 15.4 Å². The predicted molar refractivity (Wildman–Crippen MR) is 125 cm³/mol. The summed E-state index contributed by atoms with van der Waals surface area (Å²) in [7, 11) is 0. The van der Waals surface area contributed by atoms with Crippen molar-refractivity contribution in [1.29, 1.82) is 0 Å². The molecule has 9 heteroatoms. The lowest BCUT2D eigenvalue weighted by atomic mass is 9.92. The molecule has 2 aromatic heterocycles. The Morgan fingerprint density at radius 1 is 1.12 bits per heavy atom. The maximum atomic E-state index is 12.9. The molecule has 2 aliphatic rings. The molecule has 172 valence electrons. The monoisotopic (exact) mass is 465 g/mol. The van der Waals surface area contributed by atoms with Gasteiger partial charge in [0, 0.05) is 12.0 Å². The minimum absolute atomic E-state index is 0.0343. The number of nitrogens with zero attached hydrogens (tertiary/aromatic N) is 3. The molecule has 33 heavy (non-hydrogen) atoms. The van der Waals surface area contributed by atoms with Gasteiger partial charge in [-0.2, -0.15) is 5.10 Å². The van der Waals surface area contributed by atoms with Crippen molar-refractivity contribution < 1.29 is 14.3 Å². The van der Waals surface area contributed by atoms with Crippen LogP contribution in [0.4, 0.5) is 0 Å². The number of ether oxygens (including phenoxy) is 1. The zero-order chi connectivity index (χ0) is 22.9. The number of rotatable bonds is 7. The topological polar surface area (TPSA) is 112 Å². The van der Waals surface area contributed by atoms with Crippen molar-refractivity contribution in [2.24, 2.45) is 5.73 Å². The molecule has 2 fully saturated rings. The summed E-state index contributed by atoms with van der Waals surface area (Å²) in [6, 6.07) is 9.84. The molecule has 0 saturated heterocycles. The van der Waals surface area contributed by atoms with Crippen LogP contribution in [0.2, 0.25) is 0 Å². The number of nitrogens with two attached hydrogens (primary N) is 1. The SMILES string of the molecule is Cc1c(C(=O)NC2CCC(Oc3nc(C4CC4)sc3C(N)=O)CC2)cnn1-c1ccccc1. The van der Waals surface area contributed by atoms with Crippen molar-refractivity contribution in [3.8, 4) is 11.6 Å². The Bertz CT molecular complexity index is 1160. The van der Waals surface area contributed by atoms with Crippen molar-refractivity contribution in [2.75, 3.05) is 0 Å². The van der Waals surface area contributed by atoms with Crippen LogP contribution in [-0.2, 0) is 0 Å². The summed E-state index contributed by atoms with van der Waals surface area (Å²) in [5, 5.41) is 8.49. The minimum Gasteiger partial charge on any atom is -0.473 e. The maximum absolute atomic E-state index is 12.9. The highest BCUT2D eigenvalue weighted by Gasteiger charge is 2.32. The van der Waals surface area contributed by atoms with Gasteiger partial charge in [0.05, 0.1) is 23.1 Å². The van der Waals surface area contributed by atoms with E-state index in [1.54, 1.807) is 10.9 Å². The van der Waals surface area contributed by atoms with Crippen LogP contribution < -0.4 is 15.8 Å². The van der Waals surface area contributed by atoms with Crippen LogP contribution in [0.25, 0.3) is 5.69 Å². The maximum Gasteiger partial charge on any atom is 0.264 e. The second kappa shape index (κ2) is 8.97. The van der Waals surface area contributed by atoms with Crippen LogP contribution in [0.5, 0.6) is 5.88 Å². The zero-order valence-electron chi connectivity index (χ0n) is 18.5. The first kappa shape index (κ1) is 21.6. The molecule has 2 heterocycles. The lowest BCUT2D eigenvalue weighted by Gasteiger charge is -2.29. The zero-order valence-corrected chi connectivity index (χ0v) is 19.3. The second-order valence-electron chi connectivity index (χ2n) is 8.78. The molecular formula is C24H27N5O3S. The third kappa shape index (κ3) is 4.64. The van der Waals surface area contributed by atoms with Gasteiger partial charge in [0.1, 0.15) is 11.1 Å². The molecule has 2 saturated carbocycles. The van der Waals surface area contributed by atoms with Gasteiger partial charge in [0.25, 0.3) is 11.8 Å². The predicted octanol–water partition coefficient (Wildman–Crippen LogP) is 3.73. The molecule has 0 bridgehead atoms. The number of hydrogen-bond acceptors (Lipinski definition) is 6. The normalized spacial score (nSPS) is 20.4. The Morgan fingerprint density at radius 2 is 1.85 bits per heavy atom. The second-order valence-corrected chi connectivity index (χ2v) is 9.81. The van der Waals surface area contributed by atoms with E-state index >= 15 is 0 Å². The average molecular weight is 466 g/mol. The summed E-state index contributed by atoms with van der Waals surface area (Å²) in [6.07, 6.45) is 6.97. The van der Waals surface area contributed by atoms with Gasteiger partial charge < -0.3 is 15.8 Å².